The van der Waals surface area contributed by atoms with Crippen LogP contribution in [0.15, 0.2) is 55.1 Å². The summed E-state index contributed by atoms with van der Waals surface area (Å²) < 4.78 is 7.29. The smallest absolute Gasteiger partial charge is 0.138 e. The molecule has 1 N–H and O–H groups in total. The van der Waals surface area contributed by atoms with E-state index in [1.807, 2.05) is 37.3 Å². The summed E-state index contributed by atoms with van der Waals surface area (Å²) in [5, 5.41) is 14.9. The largest absolute Gasteiger partial charge is 0.494 e. The van der Waals surface area contributed by atoms with Gasteiger partial charge in [0.05, 0.1) is 30.1 Å². The molecule has 0 atom stereocenters. The standard InChI is InChI=1S/C21H20N4O2/c1-3-27-21-7-4-15(9-16(21)11-26)19-8-14(2)18-6-5-17(10-20(18)24-19)25-13-22-12-23-25/h4-10,12-13,26H,3,11H2,1-2H3. The van der Waals surface area contributed by atoms with E-state index in [1.54, 1.807) is 11.0 Å². The second-order valence-corrected chi connectivity index (χ2v) is 6.28. The van der Waals surface area contributed by atoms with Gasteiger partial charge in [-0.3, -0.25) is 0 Å². The lowest BCUT2D eigenvalue weighted by molar-refractivity contribution is 0.267. The molecule has 6 nitrogen and oxygen atoms in total. The topological polar surface area (TPSA) is 73.1 Å². The number of aryl methyl sites for hydroxylation is 1. The fraction of sp³-hybridized carbons (Fsp3) is 0.190. The van der Waals surface area contributed by atoms with Crippen LogP contribution < -0.4 is 4.74 Å². The monoisotopic (exact) mass is 360 g/mol. The number of nitrogens with zero attached hydrogens (tertiary/aromatic N) is 4. The molecule has 0 fully saturated rings. The maximum absolute atomic E-state index is 9.67. The minimum atomic E-state index is -0.0772. The predicted molar refractivity (Wildman–Crippen MR) is 104 cm³/mol. The molecule has 2 aromatic heterocycles. The molecule has 6 heteroatoms. The van der Waals surface area contributed by atoms with Crippen molar-refractivity contribution in [1.29, 1.82) is 0 Å². The fourth-order valence-electron chi connectivity index (χ4n) is 3.18. The lowest BCUT2D eigenvalue weighted by atomic mass is 10.0. The molecule has 0 saturated carbocycles. The van der Waals surface area contributed by atoms with Gasteiger partial charge in [-0.2, -0.15) is 5.10 Å². The molecule has 4 aromatic rings. The number of aromatic nitrogens is 4. The fourth-order valence-corrected chi connectivity index (χ4v) is 3.18. The number of fused-ring (bicyclic) bond motifs is 1. The molecule has 0 aliphatic heterocycles. The normalized spacial score (nSPS) is 11.1. The summed E-state index contributed by atoms with van der Waals surface area (Å²) in [6.07, 6.45) is 3.17. The Morgan fingerprint density at radius 2 is 2.00 bits per heavy atom. The Bertz CT molecular complexity index is 1090. The number of pyridine rings is 1. The highest BCUT2D eigenvalue weighted by atomic mass is 16.5. The first-order valence-electron chi connectivity index (χ1n) is 8.83. The average molecular weight is 360 g/mol. The lowest BCUT2D eigenvalue weighted by Gasteiger charge is -2.12. The third-order valence-corrected chi connectivity index (χ3v) is 4.51. The van der Waals surface area contributed by atoms with E-state index in [9.17, 15) is 5.11 Å². The van der Waals surface area contributed by atoms with Gasteiger partial charge in [0.2, 0.25) is 0 Å². The van der Waals surface area contributed by atoms with E-state index in [0.29, 0.717) is 12.4 Å². The van der Waals surface area contributed by atoms with Gasteiger partial charge in [0.1, 0.15) is 18.4 Å². The molecule has 0 amide bonds. The molecular weight excluding hydrogens is 340 g/mol. The zero-order chi connectivity index (χ0) is 18.8. The van der Waals surface area contributed by atoms with Crippen LogP contribution in [-0.4, -0.2) is 31.5 Å². The minimum absolute atomic E-state index is 0.0772. The Hall–Kier alpha value is -3.25. The van der Waals surface area contributed by atoms with E-state index in [2.05, 4.69) is 29.1 Å². The molecule has 0 aliphatic rings. The Kier molecular flexibility index (Phi) is 4.56. The van der Waals surface area contributed by atoms with E-state index in [0.717, 1.165) is 39.0 Å². The van der Waals surface area contributed by atoms with Gasteiger partial charge in [-0.15, -0.1) is 0 Å². The van der Waals surface area contributed by atoms with Gasteiger partial charge in [-0.05, 0) is 55.8 Å². The number of ether oxygens (including phenoxy) is 1. The Morgan fingerprint density at radius 3 is 2.74 bits per heavy atom. The third-order valence-electron chi connectivity index (χ3n) is 4.51. The van der Waals surface area contributed by atoms with Gasteiger partial charge in [-0.25, -0.2) is 14.6 Å². The van der Waals surface area contributed by atoms with Crippen LogP contribution in [0.2, 0.25) is 0 Å². The van der Waals surface area contributed by atoms with Crippen LogP contribution in [0.25, 0.3) is 27.8 Å². The SMILES string of the molecule is CCOc1ccc(-c2cc(C)c3ccc(-n4cncn4)cc3n2)cc1CO. The summed E-state index contributed by atoms with van der Waals surface area (Å²) in [7, 11) is 0. The second-order valence-electron chi connectivity index (χ2n) is 6.28. The molecule has 0 aliphatic carbocycles. The van der Waals surface area contributed by atoms with Crippen LogP contribution in [-0.2, 0) is 6.61 Å². The van der Waals surface area contributed by atoms with Gasteiger partial charge in [0.15, 0.2) is 0 Å². The Balaban J connectivity index is 1.82. The molecule has 0 spiro atoms. The molecule has 2 aromatic carbocycles. The van der Waals surface area contributed by atoms with Gasteiger partial charge >= 0.3 is 0 Å². The molecule has 27 heavy (non-hydrogen) atoms. The number of rotatable bonds is 5. The highest BCUT2D eigenvalue weighted by Crippen LogP contribution is 2.29. The van der Waals surface area contributed by atoms with Crippen LogP contribution in [0.5, 0.6) is 5.75 Å². The van der Waals surface area contributed by atoms with Crippen molar-refractivity contribution in [3.05, 3.63) is 66.2 Å². The first kappa shape index (κ1) is 17.2. The Morgan fingerprint density at radius 1 is 1.11 bits per heavy atom. The summed E-state index contributed by atoms with van der Waals surface area (Å²) >= 11 is 0. The molecular formula is C21H20N4O2. The van der Waals surface area contributed by atoms with Crippen molar-refractivity contribution in [1.82, 2.24) is 19.7 Å². The van der Waals surface area contributed by atoms with Crippen molar-refractivity contribution in [2.75, 3.05) is 6.61 Å². The van der Waals surface area contributed by atoms with Gasteiger partial charge < -0.3 is 9.84 Å². The van der Waals surface area contributed by atoms with Crippen LogP contribution in [0.1, 0.15) is 18.1 Å². The highest BCUT2D eigenvalue weighted by Gasteiger charge is 2.10. The minimum Gasteiger partial charge on any atom is -0.494 e. The summed E-state index contributed by atoms with van der Waals surface area (Å²) in [6, 6.07) is 13.9. The summed E-state index contributed by atoms with van der Waals surface area (Å²) in [5.74, 6) is 0.703. The second kappa shape index (κ2) is 7.17. The molecule has 0 bridgehead atoms. The Labute approximate surface area is 157 Å². The number of aliphatic hydroxyl groups excluding tert-OH is 1. The molecule has 0 radical (unpaired) electrons. The third kappa shape index (κ3) is 3.27. The van der Waals surface area contributed by atoms with Crippen LogP contribution in [0.3, 0.4) is 0 Å². The van der Waals surface area contributed by atoms with Crippen LogP contribution in [0, 0.1) is 6.92 Å². The van der Waals surface area contributed by atoms with Crippen molar-refractivity contribution < 1.29 is 9.84 Å². The molecule has 136 valence electrons. The van der Waals surface area contributed by atoms with Crippen molar-refractivity contribution in [3.8, 4) is 22.7 Å². The quantitative estimate of drug-likeness (QED) is 0.588. The van der Waals surface area contributed by atoms with Crippen molar-refractivity contribution in [2.24, 2.45) is 0 Å². The summed E-state index contributed by atoms with van der Waals surface area (Å²) in [5.41, 5.74) is 5.49. The molecule has 0 unspecified atom stereocenters. The summed E-state index contributed by atoms with van der Waals surface area (Å²) in [4.78, 5) is 8.84. The number of aliphatic hydroxyl groups is 1. The van der Waals surface area contributed by atoms with Crippen LogP contribution >= 0.6 is 0 Å². The molecule has 4 rings (SSSR count). The van der Waals surface area contributed by atoms with Crippen molar-refractivity contribution >= 4 is 10.9 Å². The first-order chi connectivity index (χ1) is 13.2. The van der Waals surface area contributed by atoms with Crippen LogP contribution in [0.4, 0.5) is 0 Å². The van der Waals surface area contributed by atoms with E-state index < -0.39 is 0 Å². The van der Waals surface area contributed by atoms with Gasteiger partial charge in [0.25, 0.3) is 0 Å². The summed E-state index contributed by atoms with van der Waals surface area (Å²) in [6.45, 7) is 4.48. The van der Waals surface area contributed by atoms with Gasteiger partial charge in [-0.1, -0.05) is 6.07 Å². The van der Waals surface area contributed by atoms with E-state index >= 15 is 0 Å². The number of benzene rings is 2. The number of hydrogen-bond donors (Lipinski definition) is 1. The van der Waals surface area contributed by atoms with Gasteiger partial charge in [0, 0.05) is 16.5 Å². The average Bonchev–Trinajstić information content (AvgIpc) is 3.23. The van der Waals surface area contributed by atoms with E-state index in [1.165, 1.54) is 6.33 Å². The molecule has 0 saturated heterocycles. The maximum atomic E-state index is 9.67. The first-order valence-corrected chi connectivity index (χ1v) is 8.83. The van der Waals surface area contributed by atoms with Crippen molar-refractivity contribution in [3.63, 3.8) is 0 Å². The number of hydrogen-bond acceptors (Lipinski definition) is 5. The lowest BCUT2D eigenvalue weighted by Crippen LogP contribution is -1.98. The van der Waals surface area contributed by atoms with Crippen molar-refractivity contribution in [2.45, 2.75) is 20.5 Å². The maximum Gasteiger partial charge on any atom is 0.138 e. The molecule has 2 heterocycles. The zero-order valence-corrected chi connectivity index (χ0v) is 15.3. The predicted octanol–water partition coefficient (Wildman–Crippen LogP) is 3.68. The zero-order valence-electron chi connectivity index (χ0n) is 15.3. The van der Waals surface area contributed by atoms with E-state index in [-0.39, 0.29) is 6.61 Å². The van der Waals surface area contributed by atoms with E-state index in [4.69, 9.17) is 9.72 Å². The highest BCUT2D eigenvalue weighted by molar-refractivity contribution is 5.86.